The van der Waals surface area contributed by atoms with Crippen LogP contribution in [0.3, 0.4) is 0 Å². The molecule has 1 amide bonds. The molecular formula is C17H23NO. The fourth-order valence-corrected chi connectivity index (χ4v) is 3.55. The normalized spacial score (nSPS) is 19.5. The van der Waals surface area contributed by atoms with Crippen molar-refractivity contribution in [3.63, 3.8) is 0 Å². The third-order valence-corrected chi connectivity index (χ3v) is 4.65. The van der Waals surface area contributed by atoms with E-state index >= 15 is 0 Å². The fourth-order valence-electron chi connectivity index (χ4n) is 3.55. The molecular weight excluding hydrogens is 234 g/mol. The molecule has 2 heteroatoms. The summed E-state index contributed by atoms with van der Waals surface area (Å²) in [4.78, 5) is 14.5. The number of rotatable bonds is 3. The van der Waals surface area contributed by atoms with Crippen molar-refractivity contribution in [2.24, 2.45) is 5.92 Å². The predicted molar refractivity (Wildman–Crippen MR) is 78.3 cm³/mol. The van der Waals surface area contributed by atoms with Gasteiger partial charge >= 0.3 is 0 Å². The van der Waals surface area contributed by atoms with Crippen LogP contribution in [0.5, 0.6) is 0 Å². The number of hydrogen-bond donors (Lipinski definition) is 0. The van der Waals surface area contributed by atoms with Crippen LogP contribution in [0, 0.1) is 5.92 Å². The van der Waals surface area contributed by atoms with Crippen LogP contribution in [0.15, 0.2) is 24.3 Å². The van der Waals surface area contributed by atoms with Crippen LogP contribution >= 0.6 is 0 Å². The molecule has 2 nitrogen and oxygen atoms in total. The fraction of sp³-hybridized carbons (Fsp3) is 0.588. The molecule has 0 unspecified atom stereocenters. The summed E-state index contributed by atoms with van der Waals surface area (Å²) in [5.74, 6) is 1.14. The number of para-hydroxylation sites is 1. The number of benzene rings is 1. The van der Waals surface area contributed by atoms with Gasteiger partial charge in [0.1, 0.15) is 0 Å². The van der Waals surface area contributed by atoms with Crippen molar-refractivity contribution in [1.82, 2.24) is 0 Å². The molecule has 1 fully saturated rings. The van der Waals surface area contributed by atoms with Crippen molar-refractivity contribution in [3.05, 3.63) is 29.8 Å². The first kappa shape index (κ1) is 12.7. The van der Waals surface area contributed by atoms with E-state index in [9.17, 15) is 4.79 Å². The first-order valence-corrected chi connectivity index (χ1v) is 7.73. The Morgan fingerprint density at radius 2 is 1.95 bits per heavy atom. The van der Waals surface area contributed by atoms with Gasteiger partial charge in [0.25, 0.3) is 0 Å². The predicted octanol–water partition coefficient (Wildman–Crippen LogP) is 3.94. The van der Waals surface area contributed by atoms with Gasteiger partial charge in [-0.25, -0.2) is 0 Å². The lowest BCUT2D eigenvalue weighted by molar-refractivity contribution is -0.119. The molecule has 0 radical (unpaired) electrons. The van der Waals surface area contributed by atoms with Gasteiger partial charge in [0.2, 0.25) is 5.91 Å². The largest absolute Gasteiger partial charge is 0.312 e. The SMILES string of the molecule is O=C(CCC1CCCC1)N1CCCc2ccccc21. The third kappa shape index (κ3) is 2.83. The van der Waals surface area contributed by atoms with Gasteiger partial charge in [0.15, 0.2) is 0 Å². The Morgan fingerprint density at radius 1 is 1.16 bits per heavy atom. The van der Waals surface area contributed by atoms with E-state index < -0.39 is 0 Å². The summed E-state index contributed by atoms with van der Waals surface area (Å²) in [7, 11) is 0. The Labute approximate surface area is 115 Å². The maximum absolute atomic E-state index is 12.4. The Kier molecular flexibility index (Phi) is 3.86. The molecule has 1 heterocycles. The number of amides is 1. The molecule has 0 spiro atoms. The van der Waals surface area contributed by atoms with Gasteiger partial charge in [-0.3, -0.25) is 4.79 Å². The molecule has 1 aromatic carbocycles. The van der Waals surface area contributed by atoms with Crippen molar-refractivity contribution in [1.29, 1.82) is 0 Å². The van der Waals surface area contributed by atoms with E-state index in [0.29, 0.717) is 5.91 Å². The summed E-state index contributed by atoms with van der Waals surface area (Å²) in [6.07, 6.45) is 9.45. The molecule has 1 aliphatic heterocycles. The Hall–Kier alpha value is -1.31. The number of aryl methyl sites for hydroxylation is 1. The smallest absolute Gasteiger partial charge is 0.226 e. The second kappa shape index (κ2) is 5.77. The minimum atomic E-state index is 0.332. The lowest BCUT2D eigenvalue weighted by Gasteiger charge is -2.29. The van der Waals surface area contributed by atoms with E-state index in [-0.39, 0.29) is 0 Å². The van der Waals surface area contributed by atoms with Crippen LogP contribution in [0.4, 0.5) is 5.69 Å². The monoisotopic (exact) mass is 257 g/mol. The summed E-state index contributed by atoms with van der Waals surface area (Å²) in [5, 5.41) is 0. The van der Waals surface area contributed by atoms with Gasteiger partial charge in [0, 0.05) is 18.7 Å². The highest BCUT2D eigenvalue weighted by Gasteiger charge is 2.23. The second-order valence-corrected chi connectivity index (χ2v) is 5.97. The minimum absolute atomic E-state index is 0.332. The van der Waals surface area contributed by atoms with E-state index in [1.807, 2.05) is 11.0 Å². The number of nitrogens with zero attached hydrogens (tertiary/aromatic N) is 1. The van der Waals surface area contributed by atoms with E-state index in [1.54, 1.807) is 0 Å². The molecule has 1 aliphatic carbocycles. The van der Waals surface area contributed by atoms with Gasteiger partial charge in [-0.05, 0) is 36.8 Å². The van der Waals surface area contributed by atoms with E-state index in [1.165, 1.54) is 31.2 Å². The summed E-state index contributed by atoms with van der Waals surface area (Å²) in [6, 6.07) is 8.38. The molecule has 0 saturated heterocycles. The van der Waals surface area contributed by atoms with Crippen molar-refractivity contribution in [3.8, 4) is 0 Å². The number of hydrogen-bond acceptors (Lipinski definition) is 1. The van der Waals surface area contributed by atoms with Crippen LogP contribution in [-0.4, -0.2) is 12.5 Å². The standard InChI is InChI=1S/C17H23NO/c19-17(12-11-14-6-1-2-7-14)18-13-5-9-15-8-3-4-10-16(15)18/h3-4,8,10,14H,1-2,5-7,9,11-13H2. The van der Waals surface area contributed by atoms with Crippen LogP contribution < -0.4 is 4.90 Å². The molecule has 102 valence electrons. The Balaban J connectivity index is 1.64. The summed E-state index contributed by atoms with van der Waals surface area (Å²) < 4.78 is 0. The summed E-state index contributed by atoms with van der Waals surface area (Å²) in [5.41, 5.74) is 2.49. The van der Waals surface area contributed by atoms with Gasteiger partial charge in [0.05, 0.1) is 0 Å². The molecule has 1 aromatic rings. The van der Waals surface area contributed by atoms with Crippen LogP contribution in [0.1, 0.15) is 50.5 Å². The Bertz CT molecular complexity index is 448. The maximum atomic E-state index is 12.4. The Morgan fingerprint density at radius 3 is 2.79 bits per heavy atom. The van der Waals surface area contributed by atoms with E-state index in [4.69, 9.17) is 0 Å². The third-order valence-electron chi connectivity index (χ3n) is 4.65. The summed E-state index contributed by atoms with van der Waals surface area (Å²) in [6.45, 7) is 0.903. The maximum Gasteiger partial charge on any atom is 0.226 e. The van der Waals surface area contributed by atoms with Gasteiger partial charge in [-0.15, -0.1) is 0 Å². The number of carbonyl (C=O) groups is 1. The first-order valence-electron chi connectivity index (χ1n) is 7.73. The molecule has 0 N–H and O–H groups in total. The second-order valence-electron chi connectivity index (χ2n) is 5.97. The average Bonchev–Trinajstić information content (AvgIpc) is 2.97. The highest BCUT2D eigenvalue weighted by atomic mass is 16.2. The molecule has 3 rings (SSSR count). The van der Waals surface area contributed by atoms with E-state index in [0.717, 1.165) is 43.8 Å². The zero-order valence-corrected chi connectivity index (χ0v) is 11.6. The number of carbonyl (C=O) groups excluding carboxylic acids is 1. The van der Waals surface area contributed by atoms with Crippen molar-refractivity contribution in [2.75, 3.05) is 11.4 Å². The highest BCUT2D eigenvalue weighted by molar-refractivity contribution is 5.94. The lowest BCUT2D eigenvalue weighted by atomic mass is 9.99. The average molecular weight is 257 g/mol. The van der Waals surface area contributed by atoms with Crippen molar-refractivity contribution in [2.45, 2.75) is 51.4 Å². The van der Waals surface area contributed by atoms with E-state index in [2.05, 4.69) is 18.2 Å². The first-order chi connectivity index (χ1) is 9.34. The van der Waals surface area contributed by atoms with Crippen LogP contribution in [-0.2, 0) is 11.2 Å². The number of anilines is 1. The van der Waals surface area contributed by atoms with Gasteiger partial charge in [-0.1, -0.05) is 43.9 Å². The van der Waals surface area contributed by atoms with Crippen molar-refractivity contribution < 1.29 is 4.79 Å². The topological polar surface area (TPSA) is 20.3 Å². The zero-order valence-electron chi connectivity index (χ0n) is 11.6. The molecule has 0 atom stereocenters. The van der Waals surface area contributed by atoms with Gasteiger partial charge in [-0.2, -0.15) is 0 Å². The molecule has 2 aliphatic rings. The molecule has 1 saturated carbocycles. The number of fused-ring (bicyclic) bond motifs is 1. The quantitative estimate of drug-likeness (QED) is 0.803. The van der Waals surface area contributed by atoms with Crippen LogP contribution in [0.2, 0.25) is 0 Å². The molecule has 0 bridgehead atoms. The molecule has 19 heavy (non-hydrogen) atoms. The van der Waals surface area contributed by atoms with Crippen LogP contribution in [0.25, 0.3) is 0 Å². The lowest BCUT2D eigenvalue weighted by Crippen LogP contribution is -2.35. The zero-order chi connectivity index (χ0) is 13.1. The van der Waals surface area contributed by atoms with Gasteiger partial charge < -0.3 is 4.90 Å². The molecule has 0 aromatic heterocycles. The highest BCUT2D eigenvalue weighted by Crippen LogP contribution is 2.31. The minimum Gasteiger partial charge on any atom is -0.312 e. The van der Waals surface area contributed by atoms with Crippen molar-refractivity contribution >= 4 is 11.6 Å². The summed E-state index contributed by atoms with van der Waals surface area (Å²) >= 11 is 0.